The third-order valence-electron chi connectivity index (χ3n) is 5.83. The second kappa shape index (κ2) is 7.83. The first kappa shape index (κ1) is 20.5. The molecule has 1 unspecified atom stereocenters. The monoisotopic (exact) mass is 437 g/mol. The first-order valence-electron chi connectivity index (χ1n) is 9.82. The average molecular weight is 438 g/mol. The Bertz CT molecular complexity index is 1170. The maximum atomic E-state index is 13.2. The first-order chi connectivity index (χ1) is 14.3. The van der Waals surface area contributed by atoms with Gasteiger partial charge in [0.05, 0.1) is 33.3 Å². The number of carbonyl (C=O) groups excluding carboxylic acids is 1. The predicted molar refractivity (Wildman–Crippen MR) is 120 cm³/mol. The van der Waals surface area contributed by atoms with Crippen LogP contribution < -0.4 is 10.6 Å². The SMILES string of the molecule is Cc1ccc(C)c(C2C(C#N)=C(N)N(c3cccc(Cl)c3Cl)C3=C2C(=O)CCC3)c1. The number of hydrogen-bond acceptors (Lipinski definition) is 4. The lowest BCUT2D eigenvalue weighted by molar-refractivity contribution is -0.116. The van der Waals surface area contributed by atoms with Crippen molar-refractivity contribution >= 4 is 34.7 Å². The molecule has 0 fully saturated rings. The van der Waals surface area contributed by atoms with Crippen molar-refractivity contribution < 1.29 is 4.79 Å². The Morgan fingerprint density at radius 3 is 2.67 bits per heavy atom. The maximum absolute atomic E-state index is 13.2. The molecule has 2 aliphatic rings. The highest BCUT2D eigenvalue weighted by Crippen LogP contribution is 2.48. The van der Waals surface area contributed by atoms with Gasteiger partial charge in [0.15, 0.2) is 5.78 Å². The molecule has 0 radical (unpaired) electrons. The Morgan fingerprint density at radius 2 is 1.93 bits per heavy atom. The number of halogens is 2. The van der Waals surface area contributed by atoms with Crippen LogP contribution in [-0.4, -0.2) is 5.78 Å². The highest BCUT2D eigenvalue weighted by atomic mass is 35.5. The van der Waals surface area contributed by atoms with E-state index < -0.39 is 5.92 Å². The summed E-state index contributed by atoms with van der Waals surface area (Å²) < 4.78 is 0. The second-order valence-corrected chi connectivity index (χ2v) is 8.53. The Morgan fingerprint density at radius 1 is 1.17 bits per heavy atom. The molecule has 1 atom stereocenters. The van der Waals surface area contributed by atoms with Gasteiger partial charge in [-0.15, -0.1) is 0 Å². The predicted octanol–water partition coefficient (Wildman–Crippen LogP) is 5.92. The van der Waals surface area contributed by atoms with E-state index in [9.17, 15) is 10.1 Å². The Hall–Kier alpha value is -2.74. The molecule has 4 nitrogen and oxygen atoms in total. The first-order valence-corrected chi connectivity index (χ1v) is 10.6. The van der Waals surface area contributed by atoms with Gasteiger partial charge in [-0.05, 0) is 49.9 Å². The van der Waals surface area contributed by atoms with E-state index in [-0.39, 0.29) is 5.78 Å². The normalized spacial score (nSPS) is 19.1. The number of nitrogens with zero attached hydrogens (tertiary/aromatic N) is 2. The number of nitrogens with two attached hydrogens (primary N) is 1. The van der Waals surface area contributed by atoms with Crippen molar-refractivity contribution in [2.45, 2.75) is 39.0 Å². The quantitative estimate of drug-likeness (QED) is 0.633. The van der Waals surface area contributed by atoms with E-state index >= 15 is 0 Å². The largest absolute Gasteiger partial charge is 0.384 e. The Kier molecular flexibility index (Phi) is 5.36. The van der Waals surface area contributed by atoms with Crippen LogP contribution in [0.15, 0.2) is 59.1 Å². The zero-order valence-corrected chi connectivity index (χ0v) is 18.3. The summed E-state index contributed by atoms with van der Waals surface area (Å²) in [5.74, 6) is -0.140. The molecule has 0 saturated carbocycles. The molecular formula is C24H21Cl2N3O. The van der Waals surface area contributed by atoms with Gasteiger partial charge in [-0.1, -0.05) is 53.0 Å². The highest BCUT2D eigenvalue weighted by Gasteiger charge is 2.41. The number of rotatable bonds is 2. The zero-order valence-electron chi connectivity index (χ0n) is 16.8. The Labute approximate surface area is 186 Å². The number of benzene rings is 2. The topological polar surface area (TPSA) is 70.1 Å². The Balaban J connectivity index is 2.03. The molecule has 6 heteroatoms. The minimum atomic E-state index is -0.480. The van der Waals surface area contributed by atoms with Gasteiger partial charge in [-0.25, -0.2) is 0 Å². The summed E-state index contributed by atoms with van der Waals surface area (Å²) >= 11 is 12.8. The molecule has 0 bridgehead atoms. The van der Waals surface area contributed by atoms with Crippen molar-refractivity contribution in [3.63, 3.8) is 0 Å². The molecule has 2 aromatic rings. The molecule has 2 aromatic carbocycles. The fourth-order valence-electron chi connectivity index (χ4n) is 4.41. The van der Waals surface area contributed by atoms with E-state index in [1.807, 2.05) is 32.0 Å². The molecular weight excluding hydrogens is 417 g/mol. The lowest BCUT2D eigenvalue weighted by atomic mass is 9.74. The van der Waals surface area contributed by atoms with Crippen LogP contribution in [0.2, 0.25) is 10.0 Å². The summed E-state index contributed by atoms with van der Waals surface area (Å²) in [6, 6.07) is 13.7. The van der Waals surface area contributed by atoms with Crippen molar-refractivity contribution in [1.82, 2.24) is 0 Å². The second-order valence-electron chi connectivity index (χ2n) is 7.75. The van der Waals surface area contributed by atoms with E-state index in [1.54, 1.807) is 23.1 Å². The number of carbonyl (C=O) groups is 1. The van der Waals surface area contributed by atoms with Crippen LogP contribution in [0, 0.1) is 25.2 Å². The summed E-state index contributed by atoms with van der Waals surface area (Å²) in [7, 11) is 0. The van der Waals surface area contributed by atoms with Crippen LogP contribution in [0.3, 0.4) is 0 Å². The van der Waals surface area contributed by atoms with Crippen molar-refractivity contribution in [3.8, 4) is 6.07 Å². The summed E-state index contributed by atoms with van der Waals surface area (Å²) in [5.41, 5.74) is 12.0. The van der Waals surface area contributed by atoms with Crippen LogP contribution >= 0.6 is 23.2 Å². The van der Waals surface area contributed by atoms with E-state index in [0.717, 1.165) is 28.8 Å². The minimum absolute atomic E-state index is 0.0468. The van der Waals surface area contributed by atoms with E-state index in [2.05, 4.69) is 6.07 Å². The molecule has 0 spiro atoms. The van der Waals surface area contributed by atoms with Crippen LogP contribution in [0.1, 0.15) is 41.9 Å². The van der Waals surface area contributed by atoms with Crippen molar-refractivity contribution in [2.75, 3.05) is 4.90 Å². The molecule has 152 valence electrons. The lowest BCUT2D eigenvalue weighted by Crippen LogP contribution is -2.39. The molecule has 1 heterocycles. The summed E-state index contributed by atoms with van der Waals surface area (Å²) in [4.78, 5) is 14.9. The molecule has 0 amide bonds. The van der Waals surface area contributed by atoms with Gasteiger partial charge < -0.3 is 5.73 Å². The molecule has 1 aliphatic carbocycles. The van der Waals surface area contributed by atoms with Crippen LogP contribution in [-0.2, 0) is 4.79 Å². The highest BCUT2D eigenvalue weighted by molar-refractivity contribution is 6.43. The smallest absolute Gasteiger partial charge is 0.161 e. The van der Waals surface area contributed by atoms with Gasteiger partial charge in [0.1, 0.15) is 5.82 Å². The molecule has 0 aromatic heterocycles. The molecule has 1 aliphatic heterocycles. The zero-order chi connectivity index (χ0) is 21.6. The minimum Gasteiger partial charge on any atom is -0.384 e. The van der Waals surface area contributed by atoms with Gasteiger partial charge in [0.2, 0.25) is 0 Å². The third kappa shape index (κ3) is 3.19. The number of hydrogen-bond donors (Lipinski definition) is 1. The van der Waals surface area contributed by atoms with Gasteiger partial charge >= 0.3 is 0 Å². The number of Topliss-reactive ketones (excluding diaryl/α,β-unsaturated/α-hetero) is 1. The third-order valence-corrected chi connectivity index (χ3v) is 6.64. The number of allylic oxidation sites excluding steroid dienone is 3. The van der Waals surface area contributed by atoms with E-state index in [4.69, 9.17) is 28.9 Å². The molecule has 2 N–H and O–H groups in total. The van der Waals surface area contributed by atoms with Gasteiger partial charge in [0.25, 0.3) is 0 Å². The van der Waals surface area contributed by atoms with E-state index in [0.29, 0.717) is 45.5 Å². The molecule has 4 rings (SSSR count). The van der Waals surface area contributed by atoms with Gasteiger partial charge in [0, 0.05) is 17.7 Å². The van der Waals surface area contributed by atoms with E-state index in [1.165, 1.54) is 0 Å². The summed E-state index contributed by atoms with van der Waals surface area (Å²) in [6.45, 7) is 3.99. The summed E-state index contributed by atoms with van der Waals surface area (Å²) in [5, 5.41) is 10.8. The fraction of sp³-hybridized carbons (Fsp3) is 0.250. The standard InChI is InChI=1S/C24H21Cl2N3O/c1-13-9-10-14(2)15(11-13)21-16(12-27)24(28)29(18-6-4-8-20(30)22(18)21)19-7-3-5-17(25)23(19)26/h3,5,7,9-11,21H,4,6,8,28H2,1-2H3. The fourth-order valence-corrected chi connectivity index (χ4v) is 4.79. The van der Waals surface area contributed by atoms with Crippen LogP contribution in [0.4, 0.5) is 5.69 Å². The average Bonchev–Trinajstić information content (AvgIpc) is 2.72. The number of anilines is 1. The maximum Gasteiger partial charge on any atom is 0.161 e. The number of nitriles is 1. The number of aryl methyl sites for hydroxylation is 2. The van der Waals surface area contributed by atoms with Gasteiger partial charge in [-0.3, -0.25) is 9.69 Å². The van der Waals surface area contributed by atoms with Crippen molar-refractivity contribution in [1.29, 1.82) is 5.26 Å². The van der Waals surface area contributed by atoms with Gasteiger partial charge in [-0.2, -0.15) is 5.26 Å². The molecule has 0 saturated heterocycles. The lowest BCUT2D eigenvalue weighted by Gasteiger charge is -2.40. The molecule has 30 heavy (non-hydrogen) atoms. The summed E-state index contributed by atoms with van der Waals surface area (Å²) in [6.07, 6.45) is 1.85. The van der Waals surface area contributed by atoms with Crippen LogP contribution in [0.25, 0.3) is 0 Å². The van der Waals surface area contributed by atoms with Crippen LogP contribution in [0.5, 0.6) is 0 Å². The van der Waals surface area contributed by atoms with Crippen molar-refractivity contribution in [3.05, 3.63) is 85.8 Å². The number of ketones is 1. The van der Waals surface area contributed by atoms with Crippen molar-refractivity contribution in [2.24, 2.45) is 5.73 Å².